The number of benzene rings is 2. The zero-order valence-electron chi connectivity index (χ0n) is 17.6. The maximum atomic E-state index is 14.8. The summed E-state index contributed by atoms with van der Waals surface area (Å²) in [5.74, 6) is -1.20. The van der Waals surface area contributed by atoms with E-state index in [0.29, 0.717) is 17.7 Å². The van der Waals surface area contributed by atoms with Gasteiger partial charge < -0.3 is 10.5 Å². The van der Waals surface area contributed by atoms with Crippen molar-refractivity contribution in [1.29, 1.82) is 0 Å². The van der Waals surface area contributed by atoms with E-state index in [2.05, 4.69) is 9.98 Å². The number of rotatable bonds is 3. The van der Waals surface area contributed by atoms with E-state index in [1.807, 2.05) is 6.07 Å². The third-order valence-corrected chi connectivity index (χ3v) is 6.25. The van der Waals surface area contributed by atoms with E-state index in [0.717, 1.165) is 30.4 Å². The SMILES string of the molecule is CN1C(=O)C(c2ccc3c(c2)CCCO3)(c2ccc(F)c(-c3cc(Cl)cnc3F)c2)N=C1N. The number of guanidine groups is 1. The Morgan fingerprint density at radius 1 is 1.12 bits per heavy atom. The van der Waals surface area contributed by atoms with Crippen LogP contribution in [0, 0.1) is 11.8 Å². The number of carbonyl (C=O) groups excluding carboxylic acids is 1. The molecule has 5 rings (SSSR count). The van der Waals surface area contributed by atoms with E-state index in [-0.39, 0.29) is 22.1 Å². The first-order chi connectivity index (χ1) is 15.8. The van der Waals surface area contributed by atoms with Crippen LogP contribution in [0.5, 0.6) is 5.75 Å². The van der Waals surface area contributed by atoms with Gasteiger partial charge >= 0.3 is 0 Å². The summed E-state index contributed by atoms with van der Waals surface area (Å²) in [6, 6.07) is 10.7. The molecular formula is C24H19ClF2N4O2. The smallest absolute Gasteiger partial charge is 0.266 e. The van der Waals surface area contributed by atoms with E-state index in [9.17, 15) is 13.6 Å². The van der Waals surface area contributed by atoms with Crippen molar-refractivity contribution in [2.75, 3.05) is 13.7 Å². The number of fused-ring (bicyclic) bond motifs is 1. The molecule has 2 aliphatic heterocycles. The first-order valence-electron chi connectivity index (χ1n) is 10.3. The van der Waals surface area contributed by atoms with E-state index in [1.165, 1.54) is 36.2 Å². The van der Waals surface area contributed by atoms with Crippen LogP contribution in [0.15, 0.2) is 53.7 Å². The van der Waals surface area contributed by atoms with Gasteiger partial charge in [0.2, 0.25) is 5.95 Å². The Morgan fingerprint density at radius 3 is 2.64 bits per heavy atom. The van der Waals surface area contributed by atoms with Gasteiger partial charge in [0.25, 0.3) is 5.91 Å². The minimum atomic E-state index is -1.56. The maximum Gasteiger partial charge on any atom is 0.266 e. The Labute approximate surface area is 193 Å². The lowest BCUT2D eigenvalue weighted by molar-refractivity contribution is -0.129. The summed E-state index contributed by atoms with van der Waals surface area (Å²) in [5, 5.41) is 0.152. The predicted octanol–water partition coefficient (Wildman–Crippen LogP) is 4.04. The number of likely N-dealkylation sites (N-methyl/N-ethyl adjacent to an activating group) is 1. The number of aliphatic imine (C=N–C) groups is 1. The molecule has 0 bridgehead atoms. The molecule has 1 aromatic heterocycles. The molecule has 3 heterocycles. The molecule has 168 valence electrons. The van der Waals surface area contributed by atoms with Crippen molar-refractivity contribution in [1.82, 2.24) is 9.88 Å². The highest BCUT2D eigenvalue weighted by molar-refractivity contribution is 6.30. The number of nitrogens with zero attached hydrogens (tertiary/aromatic N) is 3. The van der Waals surface area contributed by atoms with Crippen molar-refractivity contribution >= 4 is 23.5 Å². The summed E-state index contributed by atoms with van der Waals surface area (Å²) in [7, 11) is 1.52. The molecule has 0 aliphatic carbocycles. The highest BCUT2D eigenvalue weighted by Crippen LogP contribution is 2.43. The first-order valence-corrected chi connectivity index (χ1v) is 10.7. The van der Waals surface area contributed by atoms with Crippen LogP contribution in [0.4, 0.5) is 8.78 Å². The molecule has 0 fully saturated rings. The van der Waals surface area contributed by atoms with Gasteiger partial charge in [0.15, 0.2) is 11.5 Å². The molecule has 0 saturated heterocycles. The van der Waals surface area contributed by atoms with Crippen LogP contribution in [0.25, 0.3) is 11.1 Å². The van der Waals surface area contributed by atoms with E-state index < -0.39 is 23.2 Å². The average molecular weight is 469 g/mol. The number of pyridine rings is 1. The van der Waals surface area contributed by atoms with Crippen molar-refractivity contribution < 1.29 is 18.3 Å². The summed E-state index contributed by atoms with van der Waals surface area (Å²) in [6.07, 6.45) is 2.78. The van der Waals surface area contributed by atoms with Crippen molar-refractivity contribution in [3.63, 3.8) is 0 Å². The third-order valence-electron chi connectivity index (χ3n) is 6.05. The Bertz CT molecular complexity index is 1330. The van der Waals surface area contributed by atoms with Crippen LogP contribution < -0.4 is 10.5 Å². The van der Waals surface area contributed by atoms with Crippen LogP contribution in [-0.2, 0) is 16.8 Å². The van der Waals surface area contributed by atoms with Gasteiger partial charge in [0.05, 0.1) is 11.6 Å². The molecule has 2 N–H and O–H groups in total. The largest absolute Gasteiger partial charge is 0.493 e. The van der Waals surface area contributed by atoms with Gasteiger partial charge in [-0.05, 0) is 59.9 Å². The van der Waals surface area contributed by atoms with Crippen molar-refractivity contribution in [2.45, 2.75) is 18.4 Å². The molecule has 1 unspecified atom stereocenters. The van der Waals surface area contributed by atoms with Crippen molar-refractivity contribution in [3.8, 4) is 16.9 Å². The van der Waals surface area contributed by atoms with E-state index in [1.54, 1.807) is 12.1 Å². The van der Waals surface area contributed by atoms with Gasteiger partial charge in [-0.1, -0.05) is 23.7 Å². The predicted molar refractivity (Wildman–Crippen MR) is 120 cm³/mol. The summed E-state index contributed by atoms with van der Waals surface area (Å²) in [4.78, 5) is 22.9. The van der Waals surface area contributed by atoms with Gasteiger partial charge in [-0.15, -0.1) is 0 Å². The number of carbonyl (C=O) groups is 1. The number of halogens is 3. The molecule has 0 spiro atoms. The standard InChI is InChI=1S/C24H19ClF2N4O2/c1-31-22(32)24(30-23(31)28,14-5-7-20-13(9-14)3-2-8-33-20)15-4-6-19(26)17(10-15)18-11-16(25)12-29-21(18)27/h4-7,9-12H,2-3,8H2,1H3,(H2,28,30). The molecule has 0 saturated carbocycles. The zero-order valence-corrected chi connectivity index (χ0v) is 18.4. The number of hydrogen-bond acceptors (Lipinski definition) is 5. The van der Waals surface area contributed by atoms with Gasteiger partial charge in [-0.3, -0.25) is 9.69 Å². The fourth-order valence-electron chi connectivity index (χ4n) is 4.34. The van der Waals surface area contributed by atoms with Gasteiger partial charge in [-0.25, -0.2) is 14.4 Å². The van der Waals surface area contributed by atoms with Gasteiger partial charge in [0.1, 0.15) is 11.6 Å². The minimum absolute atomic E-state index is 0.0236. The third kappa shape index (κ3) is 3.33. The second kappa shape index (κ2) is 7.81. The summed E-state index contributed by atoms with van der Waals surface area (Å²) in [6.45, 7) is 0.630. The topological polar surface area (TPSA) is 80.8 Å². The lowest BCUT2D eigenvalue weighted by atomic mass is 9.80. The van der Waals surface area contributed by atoms with E-state index in [4.69, 9.17) is 22.1 Å². The Kier molecular flexibility index (Phi) is 5.05. The highest BCUT2D eigenvalue weighted by atomic mass is 35.5. The molecular weight excluding hydrogens is 450 g/mol. The first kappa shape index (κ1) is 21.3. The van der Waals surface area contributed by atoms with Crippen LogP contribution in [0.1, 0.15) is 23.1 Å². The Balaban J connectivity index is 1.75. The average Bonchev–Trinajstić information content (AvgIpc) is 3.05. The number of nitrogens with two attached hydrogens (primary N) is 1. The maximum absolute atomic E-state index is 14.8. The summed E-state index contributed by atoms with van der Waals surface area (Å²) in [5.41, 5.74) is 6.13. The van der Waals surface area contributed by atoms with Gasteiger partial charge in [-0.2, -0.15) is 4.39 Å². The normalized spacial score (nSPS) is 19.8. The molecule has 9 heteroatoms. The van der Waals surface area contributed by atoms with Crippen LogP contribution in [0.3, 0.4) is 0 Å². The number of aromatic nitrogens is 1. The highest BCUT2D eigenvalue weighted by Gasteiger charge is 2.50. The molecule has 0 radical (unpaired) electrons. The summed E-state index contributed by atoms with van der Waals surface area (Å²) >= 11 is 5.98. The molecule has 33 heavy (non-hydrogen) atoms. The molecule has 2 aromatic carbocycles. The van der Waals surface area contributed by atoms with Crippen LogP contribution in [-0.4, -0.2) is 35.4 Å². The van der Waals surface area contributed by atoms with Crippen LogP contribution in [0.2, 0.25) is 5.02 Å². The fraction of sp³-hybridized carbons (Fsp3) is 0.208. The molecule has 1 amide bonds. The fourth-order valence-corrected chi connectivity index (χ4v) is 4.50. The minimum Gasteiger partial charge on any atom is -0.493 e. The Morgan fingerprint density at radius 2 is 1.88 bits per heavy atom. The van der Waals surface area contributed by atoms with Crippen molar-refractivity contribution in [2.24, 2.45) is 10.7 Å². The number of aryl methyl sites for hydroxylation is 1. The molecule has 1 atom stereocenters. The number of ether oxygens (including phenoxy) is 1. The number of amides is 1. The quantitative estimate of drug-likeness (QED) is 0.588. The van der Waals surface area contributed by atoms with Gasteiger partial charge in [0, 0.05) is 24.4 Å². The second-order valence-electron chi connectivity index (χ2n) is 8.01. The monoisotopic (exact) mass is 468 g/mol. The zero-order chi connectivity index (χ0) is 23.3. The lowest BCUT2D eigenvalue weighted by Gasteiger charge is -2.28. The Hall–Kier alpha value is -3.52. The second-order valence-corrected chi connectivity index (χ2v) is 8.44. The number of hydrogen-bond donors (Lipinski definition) is 1. The molecule has 3 aromatic rings. The van der Waals surface area contributed by atoms with E-state index >= 15 is 0 Å². The molecule has 2 aliphatic rings. The molecule has 6 nitrogen and oxygen atoms in total. The van der Waals surface area contributed by atoms with Crippen molar-refractivity contribution in [3.05, 3.63) is 82.1 Å². The summed E-state index contributed by atoms with van der Waals surface area (Å²) < 4.78 is 35.0. The van der Waals surface area contributed by atoms with Crippen LogP contribution >= 0.6 is 11.6 Å². The lowest BCUT2D eigenvalue weighted by Crippen LogP contribution is -2.41.